The second-order valence-electron chi connectivity index (χ2n) is 7.30. The molecule has 0 aromatic heterocycles. The zero-order valence-electron chi connectivity index (χ0n) is 18.4. The minimum atomic E-state index is -1.26. The van der Waals surface area contributed by atoms with Gasteiger partial charge in [0.1, 0.15) is 18.2 Å². The number of nitrogens with one attached hydrogen (secondary N) is 1. The second kappa shape index (κ2) is 11.0. The fraction of sp³-hybridized carbons (Fsp3) is 0.115. The van der Waals surface area contributed by atoms with Crippen LogP contribution >= 0.6 is 11.6 Å². The largest absolute Gasteiger partial charge is 0.545 e. The van der Waals surface area contributed by atoms with E-state index in [0.717, 1.165) is 5.56 Å². The molecular formula is C26H20ClN2O5-. The van der Waals surface area contributed by atoms with E-state index in [2.05, 4.69) is 5.32 Å². The molecule has 0 aliphatic heterocycles. The van der Waals surface area contributed by atoms with E-state index in [4.69, 9.17) is 21.1 Å². The summed E-state index contributed by atoms with van der Waals surface area (Å²) in [5.41, 5.74) is 2.77. The highest BCUT2D eigenvalue weighted by atomic mass is 35.5. The summed E-state index contributed by atoms with van der Waals surface area (Å²) in [7, 11) is 1.44. The Bertz CT molecular complexity index is 1280. The van der Waals surface area contributed by atoms with Crippen LogP contribution in [0.1, 0.15) is 27.0 Å². The third-order valence-electron chi connectivity index (χ3n) is 4.81. The van der Waals surface area contributed by atoms with Gasteiger partial charge in [-0.15, -0.1) is 0 Å². The molecule has 0 heterocycles. The molecule has 3 aromatic carbocycles. The lowest BCUT2D eigenvalue weighted by atomic mass is 10.1. The van der Waals surface area contributed by atoms with E-state index < -0.39 is 11.9 Å². The van der Waals surface area contributed by atoms with Crippen molar-refractivity contribution in [3.8, 4) is 17.6 Å². The number of ether oxygens (including phenoxy) is 2. The van der Waals surface area contributed by atoms with Crippen molar-refractivity contribution in [1.82, 2.24) is 0 Å². The molecule has 3 aromatic rings. The monoisotopic (exact) mass is 475 g/mol. The highest BCUT2D eigenvalue weighted by Gasteiger charge is 2.15. The van der Waals surface area contributed by atoms with Crippen molar-refractivity contribution in [2.24, 2.45) is 0 Å². The lowest BCUT2D eigenvalue weighted by molar-refractivity contribution is -0.255. The van der Waals surface area contributed by atoms with Crippen molar-refractivity contribution in [3.05, 3.63) is 93.5 Å². The van der Waals surface area contributed by atoms with Crippen molar-refractivity contribution in [2.45, 2.75) is 13.5 Å². The molecule has 3 rings (SSSR count). The molecule has 0 aliphatic carbocycles. The Morgan fingerprint density at radius 3 is 2.38 bits per heavy atom. The molecule has 0 saturated heterocycles. The Labute approximate surface area is 201 Å². The molecule has 34 heavy (non-hydrogen) atoms. The van der Waals surface area contributed by atoms with Gasteiger partial charge in [0, 0.05) is 5.69 Å². The maximum Gasteiger partial charge on any atom is 0.266 e. The van der Waals surface area contributed by atoms with E-state index >= 15 is 0 Å². The number of carboxylic acid groups (broad SMARTS) is 1. The number of methoxy groups -OCH3 is 1. The number of hydrogen-bond donors (Lipinski definition) is 1. The number of nitriles is 1. The summed E-state index contributed by atoms with van der Waals surface area (Å²) < 4.78 is 11.2. The molecule has 8 heteroatoms. The van der Waals surface area contributed by atoms with E-state index in [9.17, 15) is 20.0 Å². The van der Waals surface area contributed by atoms with Gasteiger partial charge in [0.15, 0.2) is 11.5 Å². The number of halogens is 1. The molecule has 0 unspecified atom stereocenters. The van der Waals surface area contributed by atoms with Crippen LogP contribution in [0.5, 0.6) is 11.5 Å². The molecule has 0 radical (unpaired) electrons. The van der Waals surface area contributed by atoms with Crippen molar-refractivity contribution in [2.75, 3.05) is 12.4 Å². The molecule has 7 nitrogen and oxygen atoms in total. The number of rotatable bonds is 8. The summed E-state index contributed by atoms with van der Waals surface area (Å²) in [6.45, 7) is 2.05. The zero-order chi connectivity index (χ0) is 24.7. The molecule has 1 N–H and O–H groups in total. The zero-order valence-corrected chi connectivity index (χ0v) is 19.2. The molecule has 0 spiro atoms. The number of anilines is 1. The van der Waals surface area contributed by atoms with Crippen LogP contribution < -0.4 is 19.9 Å². The summed E-state index contributed by atoms with van der Waals surface area (Å²) >= 11 is 6.39. The summed E-state index contributed by atoms with van der Waals surface area (Å²) in [5, 5.41) is 23.3. The maximum absolute atomic E-state index is 12.5. The lowest BCUT2D eigenvalue weighted by Crippen LogP contribution is -2.22. The summed E-state index contributed by atoms with van der Waals surface area (Å²) in [6, 6.07) is 18.3. The first-order valence-electron chi connectivity index (χ1n) is 10.1. The van der Waals surface area contributed by atoms with Crippen molar-refractivity contribution in [1.29, 1.82) is 5.26 Å². The Balaban J connectivity index is 1.78. The van der Waals surface area contributed by atoms with Crippen LogP contribution in [0.15, 0.2) is 66.2 Å². The van der Waals surface area contributed by atoms with Gasteiger partial charge < -0.3 is 24.7 Å². The van der Waals surface area contributed by atoms with Crippen molar-refractivity contribution >= 4 is 35.2 Å². The van der Waals surface area contributed by atoms with Crippen LogP contribution in [0.4, 0.5) is 5.69 Å². The second-order valence-corrected chi connectivity index (χ2v) is 7.70. The lowest BCUT2D eigenvalue weighted by Gasteiger charge is -2.14. The van der Waals surface area contributed by atoms with Crippen LogP contribution in [0.25, 0.3) is 6.08 Å². The predicted molar refractivity (Wildman–Crippen MR) is 127 cm³/mol. The Kier molecular flexibility index (Phi) is 7.91. The summed E-state index contributed by atoms with van der Waals surface area (Å²) in [4.78, 5) is 23.4. The summed E-state index contributed by atoms with van der Waals surface area (Å²) in [5.74, 6) is -1.24. The van der Waals surface area contributed by atoms with Crippen LogP contribution in [-0.4, -0.2) is 19.0 Å². The standard InChI is InChI=1S/C26H21ClN2O5/c1-16-3-9-21(10-4-16)29-25(30)20(14-28)11-18-12-22(27)24(23(13-18)33-2)34-15-17-5-7-19(8-6-17)26(31)32/h3-13H,15H2,1-2H3,(H,29,30)(H,31,32)/p-1/b20-11+. The topological polar surface area (TPSA) is 111 Å². The van der Waals surface area contributed by atoms with Crippen LogP contribution in [0.2, 0.25) is 5.02 Å². The number of aryl methyl sites for hydroxylation is 1. The Morgan fingerprint density at radius 2 is 1.79 bits per heavy atom. The molecule has 0 saturated carbocycles. The molecule has 0 aliphatic rings. The fourth-order valence-corrected chi connectivity index (χ4v) is 3.28. The fourth-order valence-electron chi connectivity index (χ4n) is 3.01. The maximum atomic E-state index is 12.5. The van der Waals surface area contributed by atoms with Gasteiger partial charge in [0.2, 0.25) is 0 Å². The van der Waals surface area contributed by atoms with Crippen molar-refractivity contribution < 1.29 is 24.2 Å². The number of nitrogens with zero attached hydrogens (tertiary/aromatic N) is 1. The Morgan fingerprint density at radius 1 is 1.12 bits per heavy atom. The highest BCUT2D eigenvalue weighted by molar-refractivity contribution is 6.32. The highest BCUT2D eigenvalue weighted by Crippen LogP contribution is 2.37. The van der Waals surface area contributed by atoms with E-state index in [1.54, 1.807) is 36.4 Å². The smallest absolute Gasteiger partial charge is 0.266 e. The summed E-state index contributed by atoms with van der Waals surface area (Å²) in [6.07, 6.45) is 1.40. The van der Waals surface area contributed by atoms with Crippen LogP contribution in [0, 0.1) is 18.3 Å². The van der Waals surface area contributed by atoms with Crippen LogP contribution in [0.3, 0.4) is 0 Å². The average molecular weight is 476 g/mol. The molecule has 0 fully saturated rings. The van der Waals surface area contributed by atoms with Gasteiger partial charge in [-0.3, -0.25) is 4.79 Å². The number of carbonyl (C=O) groups excluding carboxylic acids is 2. The molecule has 1 amide bonds. The quantitative estimate of drug-likeness (QED) is 0.387. The van der Waals surface area contributed by atoms with Gasteiger partial charge in [0.05, 0.1) is 18.1 Å². The average Bonchev–Trinajstić information content (AvgIpc) is 2.83. The van der Waals surface area contributed by atoms with E-state index in [0.29, 0.717) is 22.6 Å². The van der Waals surface area contributed by atoms with Crippen LogP contribution in [-0.2, 0) is 11.4 Å². The van der Waals surface area contributed by atoms with Crippen molar-refractivity contribution in [3.63, 3.8) is 0 Å². The van der Waals surface area contributed by atoms with E-state index in [1.807, 2.05) is 25.1 Å². The van der Waals surface area contributed by atoms with E-state index in [1.165, 1.54) is 25.3 Å². The van der Waals surface area contributed by atoms with E-state index in [-0.39, 0.29) is 28.5 Å². The van der Waals surface area contributed by atoms with Gasteiger partial charge >= 0.3 is 0 Å². The normalized spacial score (nSPS) is 10.8. The SMILES string of the molecule is COc1cc(/C=C(\C#N)C(=O)Nc2ccc(C)cc2)cc(Cl)c1OCc1ccc(C(=O)[O-])cc1. The van der Waals surface area contributed by atoms with Gasteiger partial charge in [-0.25, -0.2) is 0 Å². The number of aromatic carboxylic acids is 1. The Hall–Kier alpha value is -4.28. The predicted octanol–water partition coefficient (Wildman–Crippen LogP) is 4.15. The van der Waals surface area contributed by atoms with Gasteiger partial charge in [-0.1, -0.05) is 53.6 Å². The minimum absolute atomic E-state index is 0.0650. The number of carbonyl (C=O) groups is 2. The number of carboxylic acids is 1. The molecular weight excluding hydrogens is 456 g/mol. The number of hydrogen-bond acceptors (Lipinski definition) is 6. The number of benzene rings is 3. The third kappa shape index (κ3) is 6.15. The van der Waals surface area contributed by atoms with Gasteiger partial charge in [-0.05, 0) is 54.0 Å². The first-order chi connectivity index (χ1) is 16.3. The third-order valence-corrected chi connectivity index (χ3v) is 5.09. The van der Waals surface area contributed by atoms with Gasteiger partial charge in [0.25, 0.3) is 5.91 Å². The number of amides is 1. The van der Waals surface area contributed by atoms with Gasteiger partial charge in [-0.2, -0.15) is 5.26 Å². The molecule has 172 valence electrons. The first kappa shape index (κ1) is 24.4. The molecule has 0 bridgehead atoms. The minimum Gasteiger partial charge on any atom is -0.545 e. The molecule has 0 atom stereocenters. The first-order valence-corrected chi connectivity index (χ1v) is 10.5.